The third-order valence-corrected chi connectivity index (χ3v) is 5.17. The molecule has 0 heterocycles. The van der Waals surface area contributed by atoms with Gasteiger partial charge >= 0.3 is 6.09 Å². The summed E-state index contributed by atoms with van der Waals surface area (Å²) in [4.78, 5) is 16.3. The summed E-state index contributed by atoms with van der Waals surface area (Å²) in [5.74, 6) is 3.34. The van der Waals surface area contributed by atoms with Crippen molar-refractivity contribution in [1.29, 1.82) is 0 Å². The molecule has 0 aromatic heterocycles. The van der Waals surface area contributed by atoms with Gasteiger partial charge in [0.15, 0.2) is 0 Å². The van der Waals surface area contributed by atoms with Crippen molar-refractivity contribution in [1.82, 2.24) is 9.80 Å². The van der Waals surface area contributed by atoms with E-state index in [2.05, 4.69) is 16.9 Å². The zero-order chi connectivity index (χ0) is 18.2. The van der Waals surface area contributed by atoms with E-state index < -0.39 is 0 Å². The second-order valence-electron chi connectivity index (χ2n) is 6.99. The van der Waals surface area contributed by atoms with Crippen LogP contribution in [0.5, 0.6) is 5.75 Å². The highest BCUT2D eigenvalue weighted by Gasteiger charge is 2.23. The highest BCUT2D eigenvalue weighted by Crippen LogP contribution is 2.23. The first-order valence-corrected chi connectivity index (χ1v) is 9.21. The van der Waals surface area contributed by atoms with Crippen molar-refractivity contribution in [3.63, 3.8) is 0 Å². The van der Waals surface area contributed by atoms with E-state index in [1.165, 1.54) is 19.3 Å². The van der Waals surface area contributed by atoms with E-state index >= 15 is 0 Å². The molecular formula is C21H30N2O2. The molecule has 0 aliphatic heterocycles. The van der Waals surface area contributed by atoms with Gasteiger partial charge in [-0.05, 0) is 50.9 Å². The molecule has 0 radical (unpaired) electrons. The second kappa shape index (κ2) is 9.48. The van der Waals surface area contributed by atoms with Crippen LogP contribution in [0.15, 0.2) is 24.3 Å². The quantitative estimate of drug-likeness (QED) is 0.734. The summed E-state index contributed by atoms with van der Waals surface area (Å²) in [5.41, 5.74) is 1.14. The number of terminal acetylenes is 1. The van der Waals surface area contributed by atoms with E-state index in [0.717, 1.165) is 31.4 Å². The van der Waals surface area contributed by atoms with Crippen LogP contribution in [0.1, 0.15) is 44.6 Å². The molecule has 1 saturated carbocycles. The molecule has 136 valence electrons. The Labute approximate surface area is 152 Å². The lowest BCUT2D eigenvalue weighted by molar-refractivity contribution is 0.133. The van der Waals surface area contributed by atoms with Crippen molar-refractivity contribution in [2.45, 2.75) is 57.5 Å². The van der Waals surface area contributed by atoms with Crippen molar-refractivity contribution in [2.75, 3.05) is 20.6 Å². The summed E-state index contributed by atoms with van der Waals surface area (Å²) >= 11 is 0. The number of rotatable bonds is 6. The fourth-order valence-electron chi connectivity index (χ4n) is 3.18. The molecular weight excluding hydrogens is 312 g/mol. The molecule has 0 spiro atoms. The molecule has 25 heavy (non-hydrogen) atoms. The SMILES string of the molecule is C#CC(C)N(C)CCc1cccc(OC(=O)N(C)C2CCCCC2)c1. The molecule has 4 nitrogen and oxygen atoms in total. The van der Waals surface area contributed by atoms with Crippen LogP contribution in [-0.4, -0.2) is 48.6 Å². The van der Waals surface area contributed by atoms with Crippen LogP contribution in [0.3, 0.4) is 0 Å². The minimum Gasteiger partial charge on any atom is -0.410 e. The third kappa shape index (κ3) is 5.79. The van der Waals surface area contributed by atoms with E-state index in [-0.39, 0.29) is 12.1 Å². The Hall–Kier alpha value is -1.99. The molecule has 4 heteroatoms. The van der Waals surface area contributed by atoms with E-state index in [4.69, 9.17) is 11.2 Å². The number of hydrogen-bond donors (Lipinski definition) is 0. The Bertz CT molecular complexity index is 602. The van der Waals surface area contributed by atoms with Crippen LogP contribution >= 0.6 is 0 Å². The number of likely N-dealkylation sites (N-methyl/N-ethyl adjacent to an activating group) is 1. The molecule has 0 saturated heterocycles. The van der Waals surface area contributed by atoms with Gasteiger partial charge in [-0.3, -0.25) is 4.90 Å². The van der Waals surface area contributed by atoms with Crippen molar-refractivity contribution < 1.29 is 9.53 Å². The van der Waals surface area contributed by atoms with Crippen molar-refractivity contribution >= 4 is 6.09 Å². The van der Waals surface area contributed by atoms with Gasteiger partial charge in [0.2, 0.25) is 0 Å². The van der Waals surface area contributed by atoms with E-state index in [1.807, 2.05) is 39.2 Å². The Balaban J connectivity index is 1.89. The molecule has 1 atom stereocenters. The first-order valence-electron chi connectivity index (χ1n) is 9.21. The molecule has 0 N–H and O–H groups in total. The van der Waals surface area contributed by atoms with E-state index in [1.54, 1.807) is 4.90 Å². The molecule has 1 amide bonds. The molecule has 0 bridgehead atoms. The van der Waals surface area contributed by atoms with Gasteiger partial charge in [-0.2, -0.15) is 0 Å². The van der Waals surface area contributed by atoms with Gasteiger partial charge in [-0.25, -0.2) is 4.79 Å². The summed E-state index contributed by atoms with van der Waals surface area (Å²) in [7, 11) is 3.87. The number of benzene rings is 1. The number of nitrogens with zero attached hydrogens (tertiary/aromatic N) is 2. The summed E-state index contributed by atoms with van der Waals surface area (Å²) in [6.07, 6.45) is 11.9. The average Bonchev–Trinajstić information content (AvgIpc) is 2.65. The van der Waals surface area contributed by atoms with Crippen molar-refractivity contribution in [3.8, 4) is 18.1 Å². The predicted octanol–water partition coefficient (Wildman–Crippen LogP) is 3.95. The Morgan fingerprint density at radius 3 is 2.72 bits per heavy atom. The van der Waals surface area contributed by atoms with Crippen LogP contribution in [0.25, 0.3) is 0 Å². The Morgan fingerprint density at radius 2 is 2.04 bits per heavy atom. The fraction of sp³-hybridized carbons (Fsp3) is 0.571. The molecule has 1 unspecified atom stereocenters. The minimum absolute atomic E-state index is 0.116. The first kappa shape index (κ1) is 19.3. The van der Waals surface area contributed by atoms with Crippen LogP contribution in [-0.2, 0) is 6.42 Å². The van der Waals surface area contributed by atoms with Gasteiger partial charge in [0.25, 0.3) is 0 Å². The van der Waals surface area contributed by atoms with Gasteiger partial charge < -0.3 is 9.64 Å². The molecule has 1 aromatic rings. The summed E-state index contributed by atoms with van der Waals surface area (Å²) in [5, 5.41) is 0. The van der Waals surface area contributed by atoms with Crippen LogP contribution in [0, 0.1) is 12.3 Å². The van der Waals surface area contributed by atoms with Crippen LogP contribution in [0.2, 0.25) is 0 Å². The summed E-state index contributed by atoms with van der Waals surface area (Å²) in [6.45, 7) is 2.88. The van der Waals surface area contributed by atoms with Crippen molar-refractivity contribution in [2.24, 2.45) is 0 Å². The maximum Gasteiger partial charge on any atom is 0.415 e. The lowest BCUT2D eigenvalue weighted by Crippen LogP contribution is -2.39. The number of carbonyl (C=O) groups is 1. The number of amides is 1. The topological polar surface area (TPSA) is 32.8 Å². The van der Waals surface area contributed by atoms with Gasteiger partial charge in [-0.1, -0.05) is 37.3 Å². The fourth-order valence-corrected chi connectivity index (χ4v) is 3.18. The molecule has 2 rings (SSSR count). The molecule has 1 aliphatic rings. The lowest BCUT2D eigenvalue weighted by atomic mass is 9.95. The standard InChI is InChI=1S/C21H30N2O2/c1-5-17(2)22(3)15-14-18-10-9-13-20(16-18)25-21(24)23(4)19-11-7-6-8-12-19/h1,9-10,13,16-17,19H,6-8,11-12,14-15H2,2-4H3. The number of carbonyl (C=O) groups excluding carboxylic acids is 1. The summed E-state index contributed by atoms with van der Waals surface area (Å²) in [6, 6.07) is 8.19. The number of ether oxygens (including phenoxy) is 1. The van der Waals surface area contributed by atoms with Gasteiger partial charge in [0, 0.05) is 19.6 Å². The highest BCUT2D eigenvalue weighted by molar-refractivity contribution is 5.70. The molecule has 1 aromatic carbocycles. The Kier molecular flexibility index (Phi) is 7.33. The minimum atomic E-state index is -0.262. The second-order valence-corrected chi connectivity index (χ2v) is 6.99. The monoisotopic (exact) mass is 342 g/mol. The zero-order valence-electron chi connectivity index (χ0n) is 15.7. The Morgan fingerprint density at radius 1 is 1.32 bits per heavy atom. The van der Waals surface area contributed by atoms with Gasteiger partial charge in [0.1, 0.15) is 5.75 Å². The zero-order valence-corrected chi connectivity index (χ0v) is 15.7. The van der Waals surface area contributed by atoms with Gasteiger partial charge in [-0.15, -0.1) is 6.42 Å². The first-order chi connectivity index (χ1) is 12.0. The van der Waals surface area contributed by atoms with Crippen LogP contribution in [0.4, 0.5) is 4.79 Å². The maximum absolute atomic E-state index is 12.4. The number of hydrogen-bond acceptors (Lipinski definition) is 3. The van der Waals surface area contributed by atoms with Crippen LogP contribution < -0.4 is 4.74 Å². The molecule has 1 fully saturated rings. The molecule has 1 aliphatic carbocycles. The maximum atomic E-state index is 12.4. The lowest BCUT2D eigenvalue weighted by Gasteiger charge is -2.30. The largest absolute Gasteiger partial charge is 0.415 e. The van der Waals surface area contributed by atoms with E-state index in [9.17, 15) is 4.79 Å². The highest BCUT2D eigenvalue weighted by atomic mass is 16.6. The smallest absolute Gasteiger partial charge is 0.410 e. The third-order valence-electron chi connectivity index (χ3n) is 5.17. The van der Waals surface area contributed by atoms with Gasteiger partial charge in [0.05, 0.1) is 6.04 Å². The summed E-state index contributed by atoms with van der Waals surface area (Å²) < 4.78 is 5.59. The average molecular weight is 342 g/mol. The normalized spacial score (nSPS) is 16.3. The van der Waals surface area contributed by atoms with E-state index in [0.29, 0.717) is 11.8 Å². The van der Waals surface area contributed by atoms with Crippen molar-refractivity contribution in [3.05, 3.63) is 29.8 Å². The predicted molar refractivity (Wildman–Crippen MR) is 102 cm³/mol.